The summed E-state index contributed by atoms with van der Waals surface area (Å²) in [5, 5.41) is 1.37. The van der Waals surface area contributed by atoms with Crippen LogP contribution in [-0.4, -0.2) is 27.2 Å². The zero-order chi connectivity index (χ0) is 20.0. The van der Waals surface area contributed by atoms with Gasteiger partial charge in [-0.25, -0.2) is 0 Å². The number of H-pyrrole nitrogens is 1. The molecular weight excluding hydrogens is 356 g/mol. The lowest BCUT2D eigenvalue weighted by Gasteiger charge is -2.09. The highest BCUT2D eigenvalue weighted by molar-refractivity contribution is 6.16. The molecule has 0 aliphatic carbocycles. The highest BCUT2D eigenvalue weighted by Gasteiger charge is 2.28. The van der Waals surface area contributed by atoms with Crippen LogP contribution < -0.4 is 4.74 Å². The van der Waals surface area contributed by atoms with Crippen LogP contribution in [-0.2, 0) is 4.79 Å². The molecule has 2 aromatic carbocycles. The van der Waals surface area contributed by atoms with Crippen LogP contribution in [0.15, 0.2) is 48.5 Å². The lowest BCUT2D eigenvalue weighted by Crippen LogP contribution is -2.10. The summed E-state index contributed by atoms with van der Waals surface area (Å²) in [5.41, 5.74) is 2.60. The first-order chi connectivity index (χ1) is 13.4. The van der Waals surface area contributed by atoms with Crippen molar-refractivity contribution in [3.63, 3.8) is 0 Å². The molecule has 2 heterocycles. The van der Waals surface area contributed by atoms with E-state index in [0.29, 0.717) is 39.0 Å². The third-order valence-corrected chi connectivity index (χ3v) is 4.68. The molecule has 0 spiro atoms. The van der Waals surface area contributed by atoms with Gasteiger partial charge in [-0.15, -0.1) is 0 Å². The summed E-state index contributed by atoms with van der Waals surface area (Å²) in [7, 11) is 0. The van der Waals surface area contributed by atoms with Crippen LogP contribution in [0.3, 0.4) is 0 Å². The number of rotatable bonds is 3. The van der Waals surface area contributed by atoms with Crippen LogP contribution in [0.4, 0.5) is 0 Å². The molecule has 4 aromatic rings. The van der Waals surface area contributed by atoms with Gasteiger partial charge in [-0.1, -0.05) is 30.3 Å². The van der Waals surface area contributed by atoms with Gasteiger partial charge in [0.25, 0.3) is 0 Å². The van der Waals surface area contributed by atoms with E-state index >= 15 is 0 Å². The number of hydrogen-bond acceptors (Lipinski definition) is 4. The number of nitrogens with zero attached hydrogens (tertiary/aromatic N) is 1. The summed E-state index contributed by atoms with van der Waals surface area (Å²) in [4.78, 5) is 40.2. The Bertz CT molecular complexity index is 1230. The van der Waals surface area contributed by atoms with Gasteiger partial charge < -0.3 is 9.72 Å². The van der Waals surface area contributed by atoms with E-state index in [4.69, 9.17) is 4.74 Å². The van der Waals surface area contributed by atoms with Crippen LogP contribution in [0.2, 0.25) is 0 Å². The normalized spacial score (nSPS) is 11.1. The van der Waals surface area contributed by atoms with Crippen molar-refractivity contribution in [1.29, 1.82) is 0 Å². The number of fused-ring (bicyclic) bond motifs is 2. The third-order valence-electron chi connectivity index (χ3n) is 4.68. The van der Waals surface area contributed by atoms with Crippen molar-refractivity contribution in [3.8, 4) is 17.1 Å². The fourth-order valence-corrected chi connectivity index (χ4v) is 3.69. The molecule has 0 unspecified atom stereocenters. The number of carbonyl (C=O) groups excluding carboxylic acids is 3. The number of ketones is 1. The number of aromatic nitrogens is 2. The molecule has 28 heavy (non-hydrogen) atoms. The number of ether oxygens (including phenoxy) is 1. The van der Waals surface area contributed by atoms with E-state index < -0.39 is 5.97 Å². The maximum atomic E-state index is 12.6. The van der Waals surface area contributed by atoms with Gasteiger partial charge in [0, 0.05) is 30.1 Å². The van der Waals surface area contributed by atoms with E-state index in [1.165, 1.54) is 25.3 Å². The molecule has 6 heteroatoms. The number of carbonyl (C=O) groups is 3. The molecule has 0 aliphatic heterocycles. The maximum absolute atomic E-state index is 12.6. The summed E-state index contributed by atoms with van der Waals surface area (Å²) in [6.45, 7) is 4.22. The second-order valence-electron chi connectivity index (χ2n) is 6.62. The predicted molar refractivity (Wildman–Crippen MR) is 107 cm³/mol. The minimum absolute atomic E-state index is 0.182. The van der Waals surface area contributed by atoms with Gasteiger partial charge in [0.1, 0.15) is 5.69 Å². The Kier molecular flexibility index (Phi) is 4.11. The van der Waals surface area contributed by atoms with E-state index in [2.05, 4.69) is 4.98 Å². The average Bonchev–Trinajstić information content (AvgIpc) is 3.17. The summed E-state index contributed by atoms with van der Waals surface area (Å²) in [6.07, 6.45) is 0. The largest absolute Gasteiger partial charge is 0.424 e. The quantitative estimate of drug-likeness (QED) is 0.420. The minimum atomic E-state index is -0.485. The molecule has 0 bridgehead atoms. The van der Waals surface area contributed by atoms with Crippen LogP contribution in [0.1, 0.15) is 35.9 Å². The first kappa shape index (κ1) is 17.7. The molecule has 0 saturated carbocycles. The van der Waals surface area contributed by atoms with Gasteiger partial charge in [0.05, 0.1) is 16.8 Å². The van der Waals surface area contributed by atoms with Crippen molar-refractivity contribution in [2.75, 3.05) is 0 Å². The number of nitrogens with one attached hydrogen (secondary N) is 1. The zero-order valence-electron chi connectivity index (χ0n) is 15.7. The Morgan fingerprint density at radius 1 is 0.893 bits per heavy atom. The van der Waals surface area contributed by atoms with Crippen molar-refractivity contribution in [2.45, 2.75) is 20.8 Å². The first-order valence-electron chi connectivity index (χ1n) is 8.85. The second kappa shape index (κ2) is 6.49. The fourth-order valence-electron chi connectivity index (χ4n) is 3.69. The first-order valence-corrected chi connectivity index (χ1v) is 8.85. The molecule has 0 amide bonds. The van der Waals surface area contributed by atoms with Gasteiger partial charge in [-0.05, 0) is 25.1 Å². The highest BCUT2D eigenvalue weighted by atomic mass is 16.5. The zero-order valence-corrected chi connectivity index (χ0v) is 15.7. The van der Waals surface area contributed by atoms with Crippen LogP contribution in [0.5, 0.6) is 5.75 Å². The predicted octanol–water partition coefficient (Wildman–Crippen LogP) is 4.58. The Labute approximate surface area is 160 Å². The van der Waals surface area contributed by atoms with E-state index in [-0.39, 0.29) is 11.7 Å². The van der Waals surface area contributed by atoms with Gasteiger partial charge in [0.15, 0.2) is 11.5 Å². The number of esters is 1. The lowest BCUT2D eigenvalue weighted by atomic mass is 10.1. The molecule has 1 N–H and O–H groups in total. The average molecular weight is 374 g/mol. The van der Waals surface area contributed by atoms with Gasteiger partial charge >= 0.3 is 5.97 Å². The Balaban J connectivity index is 2.20. The third kappa shape index (κ3) is 2.62. The molecule has 0 saturated heterocycles. The number of para-hydroxylation sites is 2. The van der Waals surface area contributed by atoms with Gasteiger partial charge in [0.2, 0.25) is 5.91 Å². The SMILES string of the molecule is CC(=O)Oc1c(-c2c(C(C)=O)c3ccccc3n2C(C)=O)[nH]c2ccccc12. The molecule has 0 atom stereocenters. The van der Waals surface area contributed by atoms with Crippen molar-refractivity contribution >= 4 is 39.5 Å². The second-order valence-corrected chi connectivity index (χ2v) is 6.62. The van der Waals surface area contributed by atoms with Crippen LogP contribution in [0, 0.1) is 0 Å². The van der Waals surface area contributed by atoms with Gasteiger partial charge in [-0.2, -0.15) is 0 Å². The molecule has 4 rings (SSSR count). The number of Topliss-reactive ketones (excluding diaryl/α,β-unsaturated/α-hetero) is 1. The molecule has 6 nitrogen and oxygen atoms in total. The molecule has 2 aromatic heterocycles. The number of hydrogen-bond donors (Lipinski definition) is 1. The van der Waals surface area contributed by atoms with Crippen molar-refractivity contribution < 1.29 is 19.1 Å². The van der Waals surface area contributed by atoms with Gasteiger partial charge in [-0.3, -0.25) is 19.0 Å². The van der Waals surface area contributed by atoms with E-state index in [0.717, 1.165) is 5.52 Å². The van der Waals surface area contributed by atoms with E-state index in [1.807, 2.05) is 42.5 Å². The monoisotopic (exact) mass is 374 g/mol. The Hall–Kier alpha value is -3.67. The van der Waals surface area contributed by atoms with E-state index in [9.17, 15) is 14.4 Å². The Morgan fingerprint density at radius 2 is 1.54 bits per heavy atom. The molecule has 0 fully saturated rings. The molecule has 0 aliphatic rings. The van der Waals surface area contributed by atoms with Crippen LogP contribution >= 0.6 is 0 Å². The fraction of sp³-hybridized carbons (Fsp3) is 0.136. The Morgan fingerprint density at radius 3 is 2.18 bits per heavy atom. The highest BCUT2D eigenvalue weighted by Crippen LogP contribution is 2.42. The smallest absolute Gasteiger partial charge is 0.308 e. The van der Waals surface area contributed by atoms with Crippen molar-refractivity contribution in [3.05, 3.63) is 54.1 Å². The lowest BCUT2D eigenvalue weighted by molar-refractivity contribution is -0.131. The summed E-state index contributed by atoms with van der Waals surface area (Å²) < 4.78 is 7.00. The number of benzene rings is 2. The molecule has 0 radical (unpaired) electrons. The minimum Gasteiger partial charge on any atom is -0.424 e. The standard InChI is InChI=1S/C22H18N2O4/c1-12(25)19-16-9-5-7-11-18(16)24(13(2)26)21(19)20-22(28-14(3)27)15-8-4-6-10-17(15)23-20/h4-11,23H,1-3H3. The summed E-state index contributed by atoms with van der Waals surface area (Å²) >= 11 is 0. The van der Waals surface area contributed by atoms with E-state index in [1.54, 1.807) is 6.07 Å². The van der Waals surface area contributed by atoms with Crippen molar-refractivity contribution in [2.24, 2.45) is 0 Å². The summed E-state index contributed by atoms with van der Waals surface area (Å²) in [6, 6.07) is 14.6. The molecular formula is C22H18N2O4. The topological polar surface area (TPSA) is 81.2 Å². The number of aromatic amines is 1. The molecule has 140 valence electrons. The van der Waals surface area contributed by atoms with Crippen molar-refractivity contribution in [1.82, 2.24) is 9.55 Å². The summed E-state index contributed by atoms with van der Waals surface area (Å²) in [5.74, 6) is -0.610. The van der Waals surface area contributed by atoms with Crippen LogP contribution in [0.25, 0.3) is 33.2 Å². The maximum Gasteiger partial charge on any atom is 0.308 e.